The van der Waals surface area contributed by atoms with Crippen molar-refractivity contribution in [3.8, 4) is 5.75 Å². The van der Waals surface area contributed by atoms with Gasteiger partial charge in [0.1, 0.15) is 5.75 Å². The molecule has 170 valence electrons. The largest absolute Gasteiger partial charge is 0.496 e. The Kier molecular flexibility index (Phi) is 6.35. The van der Waals surface area contributed by atoms with E-state index in [2.05, 4.69) is 15.6 Å². The van der Waals surface area contributed by atoms with Gasteiger partial charge in [0.25, 0.3) is 5.91 Å². The van der Waals surface area contributed by atoms with Gasteiger partial charge in [-0.2, -0.15) is 0 Å². The number of carbonyl (C=O) groups is 2. The summed E-state index contributed by atoms with van der Waals surface area (Å²) in [7, 11) is 4.94. The third kappa shape index (κ3) is 4.17. The number of nitrogens with one attached hydrogen (secondary N) is 2. The molecule has 33 heavy (non-hydrogen) atoms. The van der Waals surface area contributed by atoms with Gasteiger partial charge in [-0.3, -0.25) is 19.9 Å². The molecule has 0 fully saturated rings. The molecule has 2 heterocycles. The molecule has 2 aromatic carbocycles. The molecule has 7 nitrogen and oxygen atoms in total. The quantitative estimate of drug-likeness (QED) is 0.561. The topological polar surface area (TPSA) is 83.6 Å². The number of carbonyl (C=O) groups excluding carboxylic acids is 2. The highest BCUT2D eigenvalue weighted by Gasteiger charge is 2.52. The minimum Gasteiger partial charge on any atom is -0.496 e. The number of amides is 2. The van der Waals surface area contributed by atoms with Crippen LogP contribution >= 0.6 is 11.6 Å². The summed E-state index contributed by atoms with van der Waals surface area (Å²) in [6, 6.07) is 15.5. The predicted octanol–water partition coefficient (Wildman–Crippen LogP) is 3.23. The van der Waals surface area contributed by atoms with Crippen LogP contribution < -0.4 is 15.4 Å². The number of hydrogen-bond donors (Lipinski definition) is 2. The number of likely N-dealkylation sites (N-methyl/N-ethyl adjacent to an activating group) is 1. The van der Waals surface area contributed by atoms with E-state index in [4.69, 9.17) is 16.3 Å². The highest BCUT2D eigenvalue weighted by Crippen LogP contribution is 2.45. The van der Waals surface area contributed by atoms with Gasteiger partial charge in [-0.1, -0.05) is 29.8 Å². The molecule has 0 saturated carbocycles. The van der Waals surface area contributed by atoms with Crippen molar-refractivity contribution in [1.29, 1.82) is 0 Å². The summed E-state index contributed by atoms with van der Waals surface area (Å²) in [4.78, 5) is 32.6. The van der Waals surface area contributed by atoms with E-state index in [0.29, 0.717) is 34.0 Å². The fourth-order valence-corrected chi connectivity index (χ4v) is 4.42. The summed E-state index contributed by atoms with van der Waals surface area (Å²) < 4.78 is 5.63. The number of para-hydroxylation sites is 1. The van der Waals surface area contributed by atoms with Crippen molar-refractivity contribution in [2.45, 2.75) is 18.0 Å². The molecule has 2 amide bonds. The zero-order valence-corrected chi connectivity index (χ0v) is 19.4. The standard InChI is InChI=1S/C25H25ClN4O3/c1-30(2)23(31)21(14-16-10-12-27-13-11-16)29-25(18-6-4-5-7-22(18)33-3)19-15-17(26)8-9-20(19)28-24(25)32/h4-13,15,21,29H,14H2,1-3H3,(H,28,32)/t21-,25?/m0/s1. The van der Waals surface area contributed by atoms with Gasteiger partial charge in [0, 0.05) is 48.3 Å². The fourth-order valence-electron chi connectivity index (χ4n) is 4.24. The van der Waals surface area contributed by atoms with Crippen LogP contribution in [0.25, 0.3) is 0 Å². The number of ether oxygens (including phenoxy) is 1. The van der Waals surface area contributed by atoms with Crippen molar-refractivity contribution in [2.75, 3.05) is 26.5 Å². The lowest BCUT2D eigenvalue weighted by atomic mass is 9.82. The molecule has 3 aromatic rings. The lowest BCUT2D eigenvalue weighted by molar-refractivity contribution is -0.132. The molecule has 4 rings (SSSR count). The van der Waals surface area contributed by atoms with Crippen LogP contribution in [-0.2, 0) is 21.5 Å². The van der Waals surface area contributed by atoms with E-state index in [1.165, 1.54) is 4.90 Å². The molecule has 0 radical (unpaired) electrons. The average molecular weight is 465 g/mol. The number of anilines is 1. The maximum Gasteiger partial charge on any atom is 0.254 e. The summed E-state index contributed by atoms with van der Waals surface area (Å²) in [5.74, 6) is 0.0489. The Balaban J connectivity index is 1.91. The molecule has 0 spiro atoms. The van der Waals surface area contributed by atoms with Gasteiger partial charge in [-0.15, -0.1) is 0 Å². The molecule has 2 atom stereocenters. The van der Waals surface area contributed by atoms with E-state index in [0.717, 1.165) is 5.56 Å². The monoisotopic (exact) mass is 464 g/mol. The summed E-state index contributed by atoms with van der Waals surface area (Å²) in [6.07, 6.45) is 3.72. The Labute approximate surface area is 197 Å². The lowest BCUT2D eigenvalue weighted by Crippen LogP contribution is -2.58. The van der Waals surface area contributed by atoms with Crippen molar-refractivity contribution in [3.63, 3.8) is 0 Å². The molecule has 1 unspecified atom stereocenters. The van der Waals surface area contributed by atoms with Crippen LogP contribution in [0.4, 0.5) is 5.69 Å². The van der Waals surface area contributed by atoms with Gasteiger partial charge >= 0.3 is 0 Å². The molecule has 1 aromatic heterocycles. The maximum absolute atomic E-state index is 13.7. The van der Waals surface area contributed by atoms with Crippen LogP contribution in [-0.4, -0.2) is 48.9 Å². The number of methoxy groups -OCH3 is 1. The number of benzene rings is 2. The molecule has 2 N–H and O–H groups in total. The summed E-state index contributed by atoms with van der Waals surface area (Å²) in [5.41, 5.74) is 1.38. The lowest BCUT2D eigenvalue weighted by Gasteiger charge is -2.35. The fraction of sp³-hybridized carbons (Fsp3) is 0.240. The first-order valence-electron chi connectivity index (χ1n) is 10.5. The van der Waals surface area contributed by atoms with Crippen LogP contribution in [0.2, 0.25) is 5.02 Å². The van der Waals surface area contributed by atoms with Gasteiger partial charge in [0.05, 0.1) is 13.2 Å². The Bertz CT molecular complexity index is 1190. The maximum atomic E-state index is 13.7. The molecular formula is C25H25ClN4O3. The zero-order valence-electron chi connectivity index (χ0n) is 18.6. The molecule has 8 heteroatoms. The van der Waals surface area contributed by atoms with Gasteiger partial charge in [-0.05, 0) is 48.4 Å². The van der Waals surface area contributed by atoms with E-state index in [1.807, 2.05) is 30.3 Å². The number of rotatable bonds is 7. The molecule has 1 aliphatic rings. The SMILES string of the molecule is COc1ccccc1C1(N[C@@H](Cc2ccncc2)C(=O)N(C)C)C(=O)Nc2ccc(Cl)cc21. The minimum atomic E-state index is -1.39. The second-order valence-electron chi connectivity index (χ2n) is 8.08. The molecular weight excluding hydrogens is 440 g/mol. The van der Waals surface area contributed by atoms with Gasteiger partial charge in [0.2, 0.25) is 5.91 Å². The van der Waals surface area contributed by atoms with E-state index in [9.17, 15) is 9.59 Å². The van der Waals surface area contributed by atoms with Crippen LogP contribution in [0.5, 0.6) is 5.75 Å². The number of aromatic nitrogens is 1. The molecule has 0 saturated heterocycles. The van der Waals surface area contributed by atoms with Gasteiger partial charge in [0.15, 0.2) is 5.54 Å². The summed E-state index contributed by atoms with van der Waals surface area (Å²) in [5, 5.41) is 6.86. The number of halogens is 1. The first-order valence-corrected chi connectivity index (χ1v) is 10.9. The third-order valence-corrected chi connectivity index (χ3v) is 6.04. The predicted molar refractivity (Wildman–Crippen MR) is 127 cm³/mol. The van der Waals surface area contributed by atoms with E-state index < -0.39 is 11.6 Å². The van der Waals surface area contributed by atoms with Crippen molar-refractivity contribution >= 4 is 29.1 Å². The second kappa shape index (κ2) is 9.21. The summed E-state index contributed by atoms with van der Waals surface area (Å²) in [6.45, 7) is 0. The highest BCUT2D eigenvalue weighted by atomic mass is 35.5. The van der Waals surface area contributed by atoms with Gasteiger partial charge < -0.3 is 15.0 Å². The van der Waals surface area contributed by atoms with Crippen molar-refractivity contribution < 1.29 is 14.3 Å². The average Bonchev–Trinajstić information content (AvgIpc) is 3.09. The minimum absolute atomic E-state index is 0.163. The third-order valence-electron chi connectivity index (χ3n) is 5.80. The van der Waals surface area contributed by atoms with E-state index in [1.54, 1.807) is 57.9 Å². The summed E-state index contributed by atoms with van der Waals surface area (Å²) >= 11 is 6.36. The normalized spacial score (nSPS) is 17.8. The molecule has 0 bridgehead atoms. The van der Waals surface area contributed by atoms with Crippen molar-refractivity contribution in [1.82, 2.24) is 15.2 Å². The zero-order chi connectivity index (χ0) is 23.6. The van der Waals surface area contributed by atoms with Crippen molar-refractivity contribution in [3.05, 3.63) is 88.7 Å². The van der Waals surface area contributed by atoms with Crippen LogP contribution in [0.1, 0.15) is 16.7 Å². The van der Waals surface area contributed by atoms with Gasteiger partial charge in [-0.25, -0.2) is 0 Å². The second-order valence-corrected chi connectivity index (χ2v) is 8.52. The molecule has 1 aliphatic heterocycles. The molecule has 0 aliphatic carbocycles. The Morgan fingerprint density at radius 1 is 1.15 bits per heavy atom. The smallest absolute Gasteiger partial charge is 0.254 e. The van der Waals surface area contributed by atoms with E-state index in [-0.39, 0.29) is 11.8 Å². The van der Waals surface area contributed by atoms with E-state index >= 15 is 0 Å². The first kappa shape index (κ1) is 22.8. The number of nitrogens with zero attached hydrogens (tertiary/aromatic N) is 2. The number of fused-ring (bicyclic) bond motifs is 1. The first-order chi connectivity index (χ1) is 15.9. The Morgan fingerprint density at radius 2 is 1.88 bits per heavy atom. The highest BCUT2D eigenvalue weighted by molar-refractivity contribution is 6.31. The van der Waals surface area contributed by atoms with Crippen LogP contribution in [0.15, 0.2) is 67.0 Å². The van der Waals surface area contributed by atoms with Crippen molar-refractivity contribution in [2.24, 2.45) is 0 Å². The Morgan fingerprint density at radius 3 is 2.58 bits per heavy atom. The van der Waals surface area contributed by atoms with Crippen LogP contribution in [0, 0.1) is 0 Å². The number of pyridine rings is 1. The number of hydrogen-bond acceptors (Lipinski definition) is 5. The Hall–Kier alpha value is -3.42. The van der Waals surface area contributed by atoms with Crippen LogP contribution in [0.3, 0.4) is 0 Å².